The second kappa shape index (κ2) is 6.61. The first-order chi connectivity index (χ1) is 7.59. The van der Waals surface area contributed by atoms with Crippen LogP contribution in [0.1, 0.15) is 65.7 Å². The summed E-state index contributed by atoms with van der Waals surface area (Å²) in [6, 6.07) is 0. The van der Waals surface area contributed by atoms with E-state index in [1.165, 1.54) is 12.8 Å². The Balaban J connectivity index is 2.42. The van der Waals surface area contributed by atoms with Crippen molar-refractivity contribution >= 4 is 0 Å². The van der Waals surface area contributed by atoms with Crippen molar-refractivity contribution in [2.75, 3.05) is 6.61 Å². The van der Waals surface area contributed by atoms with E-state index in [1.54, 1.807) is 0 Å². The van der Waals surface area contributed by atoms with E-state index >= 15 is 0 Å². The summed E-state index contributed by atoms with van der Waals surface area (Å²) in [4.78, 5) is 0. The molecule has 0 aliphatic carbocycles. The summed E-state index contributed by atoms with van der Waals surface area (Å²) in [7, 11) is 0. The third kappa shape index (κ3) is 4.42. The average Bonchev–Trinajstić information content (AvgIpc) is 2.17. The molecule has 0 spiro atoms. The molecule has 0 aromatic rings. The summed E-state index contributed by atoms with van der Waals surface area (Å²) < 4.78 is 5.70. The summed E-state index contributed by atoms with van der Waals surface area (Å²) in [5.74, 6) is 0.635. The Hall–Kier alpha value is -0.0800. The summed E-state index contributed by atoms with van der Waals surface area (Å²) >= 11 is 0. The van der Waals surface area contributed by atoms with Crippen molar-refractivity contribution in [3.05, 3.63) is 0 Å². The lowest BCUT2D eigenvalue weighted by Crippen LogP contribution is -2.42. The SMILES string of the molecule is CCCC(C)CC1(O)CCOC(CCC)C1. The topological polar surface area (TPSA) is 29.5 Å². The molecule has 0 bridgehead atoms. The Kier molecular flexibility index (Phi) is 5.77. The van der Waals surface area contributed by atoms with E-state index in [1.807, 2.05) is 0 Å². The molecule has 0 amide bonds. The Morgan fingerprint density at radius 2 is 2.12 bits per heavy atom. The monoisotopic (exact) mass is 228 g/mol. The van der Waals surface area contributed by atoms with Crippen molar-refractivity contribution in [1.82, 2.24) is 0 Å². The molecule has 3 unspecified atom stereocenters. The van der Waals surface area contributed by atoms with Crippen LogP contribution in [0.2, 0.25) is 0 Å². The van der Waals surface area contributed by atoms with Crippen LogP contribution in [0, 0.1) is 5.92 Å². The quantitative estimate of drug-likeness (QED) is 0.753. The van der Waals surface area contributed by atoms with E-state index in [-0.39, 0.29) is 6.10 Å². The second-order valence-electron chi connectivity index (χ2n) is 5.56. The first-order valence-corrected chi connectivity index (χ1v) is 6.93. The Morgan fingerprint density at radius 1 is 1.38 bits per heavy atom. The van der Waals surface area contributed by atoms with Crippen molar-refractivity contribution in [2.24, 2.45) is 5.92 Å². The lowest BCUT2D eigenvalue weighted by atomic mass is 9.81. The van der Waals surface area contributed by atoms with Crippen LogP contribution in [0.15, 0.2) is 0 Å². The first-order valence-electron chi connectivity index (χ1n) is 6.93. The predicted molar refractivity (Wildman–Crippen MR) is 67.5 cm³/mol. The minimum absolute atomic E-state index is 0.289. The van der Waals surface area contributed by atoms with Gasteiger partial charge in [-0.3, -0.25) is 0 Å². The second-order valence-corrected chi connectivity index (χ2v) is 5.56. The zero-order valence-electron chi connectivity index (χ0n) is 11.2. The fraction of sp³-hybridized carbons (Fsp3) is 1.00. The molecule has 1 aliphatic rings. The molecule has 1 aliphatic heterocycles. The van der Waals surface area contributed by atoms with Crippen LogP contribution in [0.4, 0.5) is 0 Å². The summed E-state index contributed by atoms with van der Waals surface area (Å²) in [6.45, 7) is 7.38. The van der Waals surface area contributed by atoms with E-state index < -0.39 is 5.60 Å². The molecule has 2 heteroatoms. The molecule has 1 saturated heterocycles. The van der Waals surface area contributed by atoms with Crippen LogP contribution in [0.25, 0.3) is 0 Å². The van der Waals surface area contributed by atoms with Crippen LogP contribution in [-0.2, 0) is 4.74 Å². The van der Waals surface area contributed by atoms with Gasteiger partial charge in [-0.25, -0.2) is 0 Å². The molecule has 0 saturated carbocycles. The molecular formula is C14H28O2. The fourth-order valence-electron chi connectivity index (χ4n) is 2.94. The highest BCUT2D eigenvalue weighted by Crippen LogP contribution is 2.33. The minimum Gasteiger partial charge on any atom is -0.390 e. The maximum absolute atomic E-state index is 10.6. The van der Waals surface area contributed by atoms with Crippen molar-refractivity contribution in [3.8, 4) is 0 Å². The third-order valence-corrected chi connectivity index (χ3v) is 3.65. The number of rotatable bonds is 6. The summed E-state index contributed by atoms with van der Waals surface area (Å²) in [6.07, 6.45) is 7.57. The van der Waals surface area contributed by atoms with Gasteiger partial charge >= 0.3 is 0 Å². The largest absolute Gasteiger partial charge is 0.390 e. The molecule has 16 heavy (non-hydrogen) atoms. The molecule has 3 atom stereocenters. The molecule has 0 radical (unpaired) electrons. The molecule has 96 valence electrons. The van der Waals surface area contributed by atoms with E-state index in [0.29, 0.717) is 5.92 Å². The zero-order valence-corrected chi connectivity index (χ0v) is 11.2. The first kappa shape index (κ1) is 14.0. The maximum atomic E-state index is 10.6. The Morgan fingerprint density at radius 3 is 2.75 bits per heavy atom. The van der Waals surface area contributed by atoms with Gasteiger partial charge in [0.2, 0.25) is 0 Å². The smallest absolute Gasteiger partial charge is 0.0696 e. The lowest BCUT2D eigenvalue weighted by molar-refractivity contribution is -0.114. The van der Waals surface area contributed by atoms with Gasteiger partial charge in [-0.05, 0) is 25.2 Å². The van der Waals surface area contributed by atoms with Gasteiger partial charge in [-0.1, -0.05) is 40.0 Å². The van der Waals surface area contributed by atoms with Crippen LogP contribution >= 0.6 is 0 Å². The van der Waals surface area contributed by atoms with E-state index in [2.05, 4.69) is 20.8 Å². The molecule has 1 fully saturated rings. The normalized spacial score (nSPS) is 32.6. The fourth-order valence-corrected chi connectivity index (χ4v) is 2.94. The van der Waals surface area contributed by atoms with Crippen LogP contribution in [-0.4, -0.2) is 23.4 Å². The lowest BCUT2D eigenvalue weighted by Gasteiger charge is -2.38. The van der Waals surface area contributed by atoms with Gasteiger partial charge in [0, 0.05) is 13.0 Å². The number of hydrogen-bond acceptors (Lipinski definition) is 2. The van der Waals surface area contributed by atoms with Crippen LogP contribution in [0.5, 0.6) is 0 Å². The van der Waals surface area contributed by atoms with Crippen molar-refractivity contribution < 1.29 is 9.84 Å². The highest BCUT2D eigenvalue weighted by Gasteiger charge is 2.35. The number of aliphatic hydroxyl groups is 1. The van der Waals surface area contributed by atoms with E-state index in [4.69, 9.17) is 4.74 Å². The van der Waals surface area contributed by atoms with Gasteiger partial charge in [0.1, 0.15) is 0 Å². The van der Waals surface area contributed by atoms with E-state index in [9.17, 15) is 5.11 Å². The van der Waals surface area contributed by atoms with Gasteiger partial charge in [-0.2, -0.15) is 0 Å². The van der Waals surface area contributed by atoms with Crippen molar-refractivity contribution in [1.29, 1.82) is 0 Å². The summed E-state index contributed by atoms with van der Waals surface area (Å²) in [5.41, 5.74) is -0.452. The van der Waals surface area contributed by atoms with Gasteiger partial charge in [0.15, 0.2) is 0 Å². The molecule has 1 N–H and O–H groups in total. The van der Waals surface area contributed by atoms with Gasteiger partial charge in [0.25, 0.3) is 0 Å². The molecular weight excluding hydrogens is 200 g/mol. The average molecular weight is 228 g/mol. The standard InChI is InChI=1S/C14H28O2/c1-4-6-12(3)10-14(15)8-9-16-13(11-14)7-5-2/h12-13,15H,4-11H2,1-3H3. The van der Waals surface area contributed by atoms with Gasteiger partial charge in [0.05, 0.1) is 11.7 Å². The molecule has 0 aromatic carbocycles. The minimum atomic E-state index is -0.452. The third-order valence-electron chi connectivity index (χ3n) is 3.65. The van der Waals surface area contributed by atoms with E-state index in [0.717, 1.165) is 38.7 Å². The number of hydrogen-bond donors (Lipinski definition) is 1. The highest BCUT2D eigenvalue weighted by molar-refractivity contribution is 4.87. The van der Waals surface area contributed by atoms with Crippen molar-refractivity contribution in [2.45, 2.75) is 77.4 Å². The Labute approximate surface area is 100 Å². The molecule has 1 heterocycles. The molecule has 0 aromatic heterocycles. The molecule has 2 nitrogen and oxygen atoms in total. The maximum Gasteiger partial charge on any atom is 0.0696 e. The van der Waals surface area contributed by atoms with Crippen LogP contribution < -0.4 is 0 Å². The number of ether oxygens (including phenoxy) is 1. The Bertz CT molecular complexity index is 187. The van der Waals surface area contributed by atoms with Crippen LogP contribution in [0.3, 0.4) is 0 Å². The predicted octanol–water partition coefficient (Wildman–Crippen LogP) is 3.52. The van der Waals surface area contributed by atoms with Gasteiger partial charge in [-0.15, -0.1) is 0 Å². The zero-order chi connectivity index (χ0) is 12.0. The van der Waals surface area contributed by atoms with Crippen molar-refractivity contribution in [3.63, 3.8) is 0 Å². The van der Waals surface area contributed by atoms with Gasteiger partial charge < -0.3 is 9.84 Å². The summed E-state index contributed by atoms with van der Waals surface area (Å²) in [5, 5.41) is 10.6. The molecule has 1 rings (SSSR count). The highest BCUT2D eigenvalue weighted by atomic mass is 16.5.